The van der Waals surface area contributed by atoms with E-state index in [0.717, 1.165) is 36.7 Å². The molecule has 0 radical (unpaired) electrons. The van der Waals surface area contributed by atoms with E-state index in [1.807, 2.05) is 36.1 Å². The molecule has 1 amide bonds. The highest BCUT2D eigenvalue weighted by molar-refractivity contribution is 6.07. The maximum absolute atomic E-state index is 12.7. The van der Waals surface area contributed by atoms with Crippen molar-refractivity contribution in [2.24, 2.45) is 4.99 Å². The van der Waals surface area contributed by atoms with Crippen molar-refractivity contribution >= 4 is 11.9 Å². The Morgan fingerprint density at radius 1 is 1.10 bits per heavy atom. The zero-order valence-electron chi connectivity index (χ0n) is 12.0. The molecular weight excluding hydrogens is 250 g/mol. The first-order valence-corrected chi connectivity index (χ1v) is 7.44. The molecule has 0 spiro atoms. The number of hydrogen-bond donors (Lipinski definition) is 0. The molecule has 3 rings (SSSR count). The van der Waals surface area contributed by atoms with Crippen LogP contribution in [0.1, 0.15) is 35.2 Å². The summed E-state index contributed by atoms with van der Waals surface area (Å²) in [6, 6.07) is 7.79. The third kappa shape index (κ3) is 2.42. The van der Waals surface area contributed by atoms with Gasteiger partial charge in [0.05, 0.1) is 6.54 Å². The number of guanidine groups is 1. The van der Waals surface area contributed by atoms with Crippen LogP contribution in [-0.2, 0) is 0 Å². The normalized spacial score (nSPS) is 19.1. The molecule has 0 N–H and O–H groups in total. The number of nitrogens with zero attached hydrogens (tertiary/aromatic N) is 3. The van der Waals surface area contributed by atoms with Crippen LogP contribution in [0.2, 0.25) is 0 Å². The standard InChI is InChI=1S/C16H21N3O/c1-13-7-3-4-8-14(13)15(20)19-12-9-17-16(19)18-10-5-2-6-11-18/h3-4,7-8H,2,5-6,9-12H2,1H3. The minimum Gasteiger partial charge on any atom is -0.342 e. The van der Waals surface area contributed by atoms with E-state index in [1.165, 1.54) is 19.3 Å². The van der Waals surface area contributed by atoms with Crippen molar-refractivity contribution in [3.63, 3.8) is 0 Å². The fourth-order valence-corrected chi connectivity index (χ4v) is 2.95. The molecule has 1 fully saturated rings. The van der Waals surface area contributed by atoms with Crippen LogP contribution in [0.4, 0.5) is 0 Å². The number of rotatable bonds is 1. The van der Waals surface area contributed by atoms with E-state index < -0.39 is 0 Å². The largest absolute Gasteiger partial charge is 0.342 e. The summed E-state index contributed by atoms with van der Waals surface area (Å²) in [7, 11) is 0. The van der Waals surface area contributed by atoms with Crippen LogP contribution >= 0.6 is 0 Å². The van der Waals surface area contributed by atoms with Gasteiger partial charge in [-0.2, -0.15) is 0 Å². The Hall–Kier alpha value is -1.84. The van der Waals surface area contributed by atoms with E-state index in [2.05, 4.69) is 9.89 Å². The number of piperidine rings is 1. The van der Waals surface area contributed by atoms with Gasteiger partial charge in [0.2, 0.25) is 5.96 Å². The Bertz CT molecular complexity index is 532. The highest BCUT2D eigenvalue weighted by atomic mass is 16.2. The summed E-state index contributed by atoms with van der Waals surface area (Å²) >= 11 is 0. The smallest absolute Gasteiger partial charge is 0.260 e. The number of likely N-dealkylation sites (tertiary alicyclic amines) is 1. The number of carbonyl (C=O) groups is 1. The summed E-state index contributed by atoms with van der Waals surface area (Å²) in [5, 5.41) is 0. The molecule has 0 saturated carbocycles. The molecule has 0 unspecified atom stereocenters. The molecule has 2 aliphatic heterocycles. The minimum atomic E-state index is 0.0879. The van der Waals surface area contributed by atoms with Gasteiger partial charge in [0.15, 0.2) is 0 Å². The zero-order chi connectivity index (χ0) is 13.9. The van der Waals surface area contributed by atoms with Crippen LogP contribution in [0, 0.1) is 6.92 Å². The second-order valence-corrected chi connectivity index (χ2v) is 5.50. The summed E-state index contributed by atoms with van der Waals surface area (Å²) in [6.07, 6.45) is 3.69. The number of carbonyl (C=O) groups excluding carboxylic acids is 1. The SMILES string of the molecule is Cc1ccccc1C(=O)N1CCN=C1N1CCCCC1. The Balaban J connectivity index is 1.81. The van der Waals surface area contributed by atoms with E-state index in [-0.39, 0.29) is 5.91 Å². The molecule has 2 heterocycles. The molecule has 0 bridgehead atoms. The van der Waals surface area contributed by atoms with Gasteiger partial charge in [-0.3, -0.25) is 14.7 Å². The Labute approximate surface area is 120 Å². The zero-order valence-corrected chi connectivity index (χ0v) is 12.0. The maximum Gasteiger partial charge on any atom is 0.260 e. The van der Waals surface area contributed by atoms with Crippen molar-refractivity contribution in [3.8, 4) is 0 Å². The number of aliphatic imine (C=N–C) groups is 1. The van der Waals surface area contributed by atoms with Gasteiger partial charge in [-0.1, -0.05) is 18.2 Å². The molecule has 2 aliphatic rings. The molecule has 0 aromatic heterocycles. The van der Waals surface area contributed by atoms with Gasteiger partial charge in [0, 0.05) is 25.2 Å². The first kappa shape index (κ1) is 13.2. The molecule has 1 aromatic carbocycles. The van der Waals surface area contributed by atoms with E-state index in [4.69, 9.17) is 0 Å². The van der Waals surface area contributed by atoms with E-state index in [1.54, 1.807) is 0 Å². The van der Waals surface area contributed by atoms with E-state index in [9.17, 15) is 4.79 Å². The Kier molecular flexibility index (Phi) is 3.72. The monoisotopic (exact) mass is 271 g/mol. The average molecular weight is 271 g/mol. The molecule has 1 aromatic rings. The molecule has 1 saturated heterocycles. The van der Waals surface area contributed by atoms with Crippen LogP contribution < -0.4 is 0 Å². The molecule has 20 heavy (non-hydrogen) atoms. The highest BCUT2D eigenvalue weighted by Gasteiger charge is 2.29. The van der Waals surface area contributed by atoms with Gasteiger partial charge in [0.25, 0.3) is 5.91 Å². The fourth-order valence-electron chi connectivity index (χ4n) is 2.95. The lowest BCUT2D eigenvalue weighted by Gasteiger charge is -2.32. The Morgan fingerprint density at radius 3 is 2.60 bits per heavy atom. The quantitative estimate of drug-likeness (QED) is 0.785. The Morgan fingerprint density at radius 2 is 1.85 bits per heavy atom. The van der Waals surface area contributed by atoms with Crippen molar-refractivity contribution in [2.75, 3.05) is 26.2 Å². The summed E-state index contributed by atoms with van der Waals surface area (Å²) < 4.78 is 0. The molecule has 106 valence electrons. The fraction of sp³-hybridized carbons (Fsp3) is 0.500. The van der Waals surface area contributed by atoms with Crippen LogP contribution in [-0.4, -0.2) is 47.8 Å². The van der Waals surface area contributed by atoms with Crippen LogP contribution in [0.15, 0.2) is 29.3 Å². The summed E-state index contributed by atoms with van der Waals surface area (Å²) in [4.78, 5) is 21.4. The molecule has 0 atom stereocenters. The third-order valence-corrected chi connectivity index (χ3v) is 4.08. The molecule has 4 heteroatoms. The van der Waals surface area contributed by atoms with Gasteiger partial charge in [-0.15, -0.1) is 0 Å². The van der Waals surface area contributed by atoms with Crippen molar-refractivity contribution in [2.45, 2.75) is 26.2 Å². The average Bonchev–Trinajstić information content (AvgIpc) is 2.97. The lowest BCUT2D eigenvalue weighted by Crippen LogP contribution is -2.47. The van der Waals surface area contributed by atoms with Crippen molar-refractivity contribution in [1.82, 2.24) is 9.80 Å². The van der Waals surface area contributed by atoms with Gasteiger partial charge in [-0.05, 0) is 37.8 Å². The maximum atomic E-state index is 12.7. The van der Waals surface area contributed by atoms with Gasteiger partial charge >= 0.3 is 0 Å². The van der Waals surface area contributed by atoms with Crippen molar-refractivity contribution in [1.29, 1.82) is 0 Å². The van der Waals surface area contributed by atoms with Gasteiger partial charge in [-0.25, -0.2) is 0 Å². The second-order valence-electron chi connectivity index (χ2n) is 5.50. The lowest BCUT2D eigenvalue weighted by molar-refractivity contribution is 0.0840. The topological polar surface area (TPSA) is 35.9 Å². The molecule has 4 nitrogen and oxygen atoms in total. The number of aryl methyl sites for hydroxylation is 1. The summed E-state index contributed by atoms with van der Waals surface area (Å²) in [5.74, 6) is 0.975. The predicted octanol–water partition coefficient (Wildman–Crippen LogP) is 2.29. The number of benzene rings is 1. The van der Waals surface area contributed by atoms with Crippen LogP contribution in [0.3, 0.4) is 0 Å². The van der Waals surface area contributed by atoms with Gasteiger partial charge in [0.1, 0.15) is 0 Å². The molecular formula is C16H21N3O. The lowest BCUT2D eigenvalue weighted by atomic mass is 10.1. The first-order chi connectivity index (χ1) is 9.77. The van der Waals surface area contributed by atoms with Crippen LogP contribution in [0.25, 0.3) is 0 Å². The first-order valence-electron chi connectivity index (χ1n) is 7.44. The van der Waals surface area contributed by atoms with Gasteiger partial charge < -0.3 is 4.90 Å². The molecule has 0 aliphatic carbocycles. The number of amides is 1. The van der Waals surface area contributed by atoms with E-state index in [0.29, 0.717) is 6.54 Å². The second kappa shape index (κ2) is 5.65. The van der Waals surface area contributed by atoms with E-state index >= 15 is 0 Å². The van der Waals surface area contributed by atoms with Crippen molar-refractivity contribution < 1.29 is 4.79 Å². The number of hydrogen-bond acceptors (Lipinski definition) is 3. The minimum absolute atomic E-state index is 0.0879. The summed E-state index contributed by atoms with van der Waals surface area (Å²) in [5.41, 5.74) is 1.82. The highest BCUT2D eigenvalue weighted by Crippen LogP contribution is 2.18. The van der Waals surface area contributed by atoms with Crippen molar-refractivity contribution in [3.05, 3.63) is 35.4 Å². The van der Waals surface area contributed by atoms with Crippen LogP contribution in [0.5, 0.6) is 0 Å². The third-order valence-electron chi connectivity index (χ3n) is 4.08. The summed E-state index contributed by atoms with van der Waals surface area (Å²) in [6.45, 7) is 5.47. The predicted molar refractivity (Wildman–Crippen MR) is 79.9 cm³/mol.